The van der Waals surface area contributed by atoms with Crippen LogP contribution >= 0.6 is 23.1 Å². The molecule has 4 aromatic rings. The van der Waals surface area contributed by atoms with Gasteiger partial charge >= 0.3 is 0 Å². The summed E-state index contributed by atoms with van der Waals surface area (Å²) < 4.78 is 1.03. The highest BCUT2D eigenvalue weighted by atomic mass is 32.2. The third kappa shape index (κ3) is 4.35. The smallest absolute Gasteiger partial charge is 0.234 e. The van der Waals surface area contributed by atoms with E-state index in [9.17, 15) is 4.79 Å². The highest BCUT2D eigenvalue weighted by molar-refractivity contribution is 8.00. The molecule has 2 aromatic heterocycles. The summed E-state index contributed by atoms with van der Waals surface area (Å²) >= 11 is 3.03. The van der Waals surface area contributed by atoms with Crippen molar-refractivity contribution in [3.63, 3.8) is 0 Å². The van der Waals surface area contributed by atoms with Gasteiger partial charge in [0, 0.05) is 5.69 Å². The van der Waals surface area contributed by atoms with Gasteiger partial charge in [0.25, 0.3) is 0 Å². The number of benzene rings is 2. The largest absolute Gasteiger partial charge is 0.325 e. The molecule has 4 nitrogen and oxygen atoms in total. The summed E-state index contributed by atoms with van der Waals surface area (Å²) in [6.45, 7) is 0. The van der Waals surface area contributed by atoms with Gasteiger partial charge in [-0.25, -0.2) is 9.97 Å². The first-order chi connectivity index (χ1) is 13.3. The predicted molar refractivity (Wildman–Crippen MR) is 112 cm³/mol. The molecule has 0 saturated heterocycles. The minimum absolute atomic E-state index is 0.0381. The van der Waals surface area contributed by atoms with Crippen LogP contribution in [0.2, 0.25) is 0 Å². The van der Waals surface area contributed by atoms with E-state index >= 15 is 0 Å². The average molecular weight is 392 g/mol. The van der Waals surface area contributed by atoms with E-state index in [0.29, 0.717) is 5.75 Å². The first kappa shape index (κ1) is 17.7. The van der Waals surface area contributed by atoms with Crippen LogP contribution in [0.5, 0.6) is 0 Å². The van der Waals surface area contributed by atoms with E-state index in [4.69, 9.17) is 0 Å². The Bertz CT molecular complexity index is 1060. The number of para-hydroxylation sites is 1. The molecule has 6 heteroatoms. The number of fused-ring (bicyclic) bond motifs is 1. The second kappa shape index (κ2) is 8.33. The van der Waals surface area contributed by atoms with E-state index < -0.39 is 0 Å². The van der Waals surface area contributed by atoms with Crippen LogP contribution in [-0.4, -0.2) is 21.6 Å². The standard InChI is InChI=1S/C21H17N3OS2/c25-19(13-27-21-20-18(10-11-26-20)22-14-23-21)24-17-9-5-4-8-16(17)12-15-6-2-1-3-7-15/h1-11,14H,12-13H2,(H,24,25). The van der Waals surface area contributed by atoms with E-state index in [1.807, 2.05) is 47.8 Å². The molecule has 0 aliphatic carbocycles. The Morgan fingerprint density at radius 2 is 1.81 bits per heavy atom. The molecule has 0 bridgehead atoms. The van der Waals surface area contributed by atoms with Crippen LogP contribution in [-0.2, 0) is 11.2 Å². The van der Waals surface area contributed by atoms with Crippen LogP contribution in [0.4, 0.5) is 5.69 Å². The van der Waals surface area contributed by atoms with Gasteiger partial charge in [-0.15, -0.1) is 11.3 Å². The van der Waals surface area contributed by atoms with Crippen molar-refractivity contribution in [2.24, 2.45) is 0 Å². The molecule has 27 heavy (non-hydrogen) atoms. The van der Waals surface area contributed by atoms with Gasteiger partial charge in [0.2, 0.25) is 5.91 Å². The second-order valence-corrected chi connectivity index (χ2v) is 7.85. The SMILES string of the molecule is O=C(CSc1ncnc2ccsc12)Nc1ccccc1Cc1ccccc1. The number of amides is 1. The monoisotopic (exact) mass is 391 g/mol. The van der Waals surface area contributed by atoms with E-state index in [-0.39, 0.29) is 5.91 Å². The lowest BCUT2D eigenvalue weighted by Crippen LogP contribution is -2.15. The third-order valence-corrected chi connectivity index (χ3v) is 6.11. The third-order valence-electron chi connectivity index (χ3n) is 4.08. The summed E-state index contributed by atoms with van der Waals surface area (Å²) in [4.78, 5) is 21.0. The van der Waals surface area contributed by atoms with E-state index in [2.05, 4.69) is 33.5 Å². The van der Waals surface area contributed by atoms with Crippen molar-refractivity contribution in [2.75, 3.05) is 11.1 Å². The number of nitrogens with zero attached hydrogens (tertiary/aromatic N) is 2. The molecular formula is C21H17N3OS2. The van der Waals surface area contributed by atoms with Gasteiger partial charge < -0.3 is 5.32 Å². The second-order valence-electron chi connectivity index (χ2n) is 5.97. The highest BCUT2D eigenvalue weighted by Gasteiger charge is 2.11. The first-order valence-electron chi connectivity index (χ1n) is 8.52. The zero-order valence-corrected chi connectivity index (χ0v) is 16.1. The van der Waals surface area contributed by atoms with Crippen molar-refractivity contribution < 1.29 is 4.79 Å². The molecule has 0 fully saturated rings. The maximum absolute atomic E-state index is 12.5. The molecule has 2 aromatic carbocycles. The molecule has 0 saturated carbocycles. The van der Waals surface area contributed by atoms with Crippen molar-refractivity contribution in [3.05, 3.63) is 83.5 Å². The van der Waals surface area contributed by atoms with Gasteiger partial charge in [-0.3, -0.25) is 4.79 Å². The Balaban J connectivity index is 1.43. The number of hydrogen-bond acceptors (Lipinski definition) is 5. The molecule has 0 aliphatic rings. The molecule has 0 spiro atoms. The van der Waals surface area contributed by atoms with Crippen LogP contribution in [0.3, 0.4) is 0 Å². The van der Waals surface area contributed by atoms with Gasteiger partial charge in [-0.1, -0.05) is 60.3 Å². The fourth-order valence-electron chi connectivity index (χ4n) is 2.80. The van der Waals surface area contributed by atoms with Crippen LogP contribution < -0.4 is 5.32 Å². The lowest BCUT2D eigenvalue weighted by molar-refractivity contribution is -0.113. The van der Waals surface area contributed by atoms with E-state index in [1.165, 1.54) is 17.3 Å². The molecule has 0 unspecified atom stereocenters. The zero-order valence-electron chi connectivity index (χ0n) is 14.5. The maximum atomic E-state index is 12.5. The van der Waals surface area contributed by atoms with Crippen molar-refractivity contribution in [1.82, 2.24) is 9.97 Å². The number of anilines is 1. The summed E-state index contributed by atoms with van der Waals surface area (Å²) in [6, 6.07) is 20.1. The summed E-state index contributed by atoms with van der Waals surface area (Å²) in [5.41, 5.74) is 4.10. The normalized spacial score (nSPS) is 10.8. The Labute approximate surface area is 165 Å². The highest BCUT2D eigenvalue weighted by Crippen LogP contribution is 2.29. The van der Waals surface area contributed by atoms with Gasteiger partial charge in [-0.05, 0) is 35.1 Å². The van der Waals surface area contributed by atoms with Crippen molar-refractivity contribution in [2.45, 2.75) is 11.4 Å². The van der Waals surface area contributed by atoms with Gasteiger partial charge in [0.1, 0.15) is 11.4 Å². The van der Waals surface area contributed by atoms with Crippen molar-refractivity contribution in [1.29, 1.82) is 0 Å². The number of thioether (sulfide) groups is 1. The molecule has 2 heterocycles. The van der Waals surface area contributed by atoms with Gasteiger partial charge in [0.15, 0.2) is 0 Å². The number of carbonyl (C=O) groups excluding carboxylic acids is 1. The zero-order chi connectivity index (χ0) is 18.5. The van der Waals surface area contributed by atoms with Crippen LogP contribution in [0.25, 0.3) is 10.2 Å². The lowest BCUT2D eigenvalue weighted by atomic mass is 10.0. The van der Waals surface area contributed by atoms with Gasteiger partial charge in [0.05, 0.1) is 16.0 Å². The average Bonchev–Trinajstić information content (AvgIpc) is 3.18. The Morgan fingerprint density at radius 1 is 1.00 bits per heavy atom. The number of aromatic nitrogens is 2. The minimum Gasteiger partial charge on any atom is -0.325 e. The molecule has 0 radical (unpaired) electrons. The Kier molecular flexibility index (Phi) is 5.46. The summed E-state index contributed by atoms with van der Waals surface area (Å²) in [5.74, 6) is 0.271. The number of rotatable bonds is 6. The fraction of sp³-hybridized carbons (Fsp3) is 0.0952. The molecule has 0 aliphatic heterocycles. The van der Waals surface area contributed by atoms with E-state index in [1.54, 1.807) is 17.7 Å². The summed E-state index contributed by atoms with van der Waals surface area (Å²) in [7, 11) is 0. The van der Waals surface area contributed by atoms with E-state index in [0.717, 1.165) is 32.9 Å². The first-order valence-corrected chi connectivity index (χ1v) is 10.4. The summed E-state index contributed by atoms with van der Waals surface area (Å²) in [5, 5.41) is 5.88. The summed E-state index contributed by atoms with van der Waals surface area (Å²) in [6.07, 6.45) is 2.33. The van der Waals surface area contributed by atoms with Gasteiger partial charge in [-0.2, -0.15) is 0 Å². The fourth-order valence-corrected chi connectivity index (χ4v) is 4.55. The number of hydrogen-bond donors (Lipinski definition) is 1. The minimum atomic E-state index is -0.0381. The van der Waals surface area contributed by atoms with Crippen molar-refractivity contribution >= 4 is 44.9 Å². The number of thiophene rings is 1. The Morgan fingerprint density at radius 3 is 2.70 bits per heavy atom. The molecule has 0 atom stereocenters. The van der Waals surface area contributed by atoms with Crippen molar-refractivity contribution in [3.8, 4) is 0 Å². The van der Waals surface area contributed by atoms with Crippen LogP contribution in [0.1, 0.15) is 11.1 Å². The topological polar surface area (TPSA) is 54.9 Å². The predicted octanol–water partition coefficient (Wildman–Crippen LogP) is 5.01. The maximum Gasteiger partial charge on any atom is 0.234 e. The molecule has 4 rings (SSSR count). The lowest BCUT2D eigenvalue weighted by Gasteiger charge is -2.11. The number of carbonyl (C=O) groups is 1. The molecule has 1 amide bonds. The number of nitrogens with one attached hydrogen (secondary N) is 1. The van der Waals surface area contributed by atoms with Crippen LogP contribution in [0, 0.1) is 0 Å². The quantitative estimate of drug-likeness (QED) is 0.371. The molecule has 1 N–H and O–H groups in total. The Hall–Kier alpha value is -2.70. The molecule has 134 valence electrons. The molecular weight excluding hydrogens is 374 g/mol. The van der Waals surface area contributed by atoms with Crippen LogP contribution in [0.15, 0.2) is 77.4 Å².